The molecule has 1 saturated carbocycles. The molecule has 1 fully saturated rings. The SMILES string of the molecule is COc1ccc(C)cc1NC(=O)C1(c2ccccc2)CCC1. The summed E-state index contributed by atoms with van der Waals surface area (Å²) < 4.78 is 5.36. The van der Waals surface area contributed by atoms with E-state index in [2.05, 4.69) is 5.32 Å². The maximum absolute atomic E-state index is 12.9. The number of benzene rings is 2. The first-order valence-corrected chi connectivity index (χ1v) is 7.67. The number of hydrogen-bond acceptors (Lipinski definition) is 2. The second kappa shape index (κ2) is 5.84. The summed E-state index contributed by atoms with van der Waals surface area (Å²) in [7, 11) is 1.62. The van der Waals surface area contributed by atoms with Crippen LogP contribution in [0.15, 0.2) is 48.5 Å². The minimum atomic E-state index is -0.393. The molecule has 1 N–H and O–H groups in total. The monoisotopic (exact) mass is 295 g/mol. The fourth-order valence-corrected chi connectivity index (χ4v) is 3.10. The molecule has 22 heavy (non-hydrogen) atoms. The fraction of sp³-hybridized carbons (Fsp3) is 0.316. The summed E-state index contributed by atoms with van der Waals surface area (Å²) in [6.07, 6.45) is 2.89. The summed E-state index contributed by atoms with van der Waals surface area (Å²) in [6, 6.07) is 15.9. The highest BCUT2D eigenvalue weighted by Crippen LogP contribution is 2.45. The van der Waals surface area contributed by atoms with E-state index in [1.165, 1.54) is 0 Å². The van der Waals surface area contributed by atoms with Gasteiger partial charge in [0, 0.05) is 0 Å². The van der Waals surface area contributed by atoms with Gasteiger partial charge in [-0.3, -0.25) is 4.79 Å². The van der Waals surface area contributed by atoms with E-state index in [4.69, 9.17) is 4.74 Å². The third-order valence-corrected chi connectivity index (χ3v) is 4.57. The van der Waals surface area contributed by atoms with Crippen molar-refractivity contribution >= 4 is 11.6 Å². The summed E-state index contributed by atoms with van der Waals surface area (Å²) in [5.41, 5.74) is 2.55. The van der Waals surface area contributed by atoms with Crippen molar-refractivity contribution in [2.24, 2.45) is 0 Å². The van der Waals surface area contributed by atoms with Crippen molar-refractivity contribution in [2.45, 2.75) is 31.6 Å². The number of carbonyl (C=O) groups excluding carboxylic acids is 1. The Labute approximate surface area is 131 Å². The van der Waals surface area contributed by atoms with Crippen LogP contribution < -0.4 is 10.1 Å². The van der Waals surface area contributed by atoms with E-state index in [-0.39, 0.29) is 5.91 Å². The van der Waals surface area contributed by atoms with Crippen molar-refractivity contribution in [2.75, 3.05) is 12.4 Å². The van der Waals surface area contributed by atoms with Crippen molar-refractivity contribution in [3.63, 3.8) is 0 Å². The third kappa shape index (κ3) is 2.47. The van der Waals surface area contributed by atoms with Gasteiger partial charge in [-0.15, -0.1) is 0 Å². The molecule has 3 nitrogen and oxygen atoms in total. The van der Waals surface area contributed by atoms with Crippen molar-refractivity contribution in [3.8, 4) is 5.75 Å². The number of nitrogens with one attached hydrogen (secondary N) is 1. The average molecular weight is 295 g/mol. The zero-order chi connectivity index (χ0) is 15.6. The standard InChI is InChI=1S/C19H21NO2/c1-14-9-10-17(22-2)16(13-14)20-18(21)19(11-6-12-19)15-7-4-3-5-8-15/h3-5,7-10,13H,6,11-12H2,1-2H3,(H,20,21). The van der Waals surface area contributed by atoms with Gasteiger partial charge < -0.3 is 10.1 Å². The second-order valence-electron chi connectivity index (χ2n) is 5.96. The van der Waals surface area contributed by atoms with Crippen LogP contribution in [0.4, 0.5) is 5.69 Å². The molecule has 0 bridgehead atoms. The first-order valence-electron chi connectivity index (χ1n) is 7.67. The number of carbonyl (C=O) groups is 1. The van der Waals surface area contributed by atoms with Crippen molar-refractivity contribution in [3.05, 3.63) is 59.7 Å². The molecule has 0 spiro atoms. The Morgan fingerprint density at radius 1 is 1.14 bits per heavy atom. The molecule has 2 aromatic carbocycles. The molecule has 1 amide bonds. The van der Waals surface area contributed by atoms with Crippen LogP contribution in [0.25, 0.3) is 0 Å². The Morgan fingerprint density at radius 3 is 2.45 bits per heavy atom. The highest BCUT2D eigenvalue weighted by molar-refractivity contribution is 6.00. The molecule has 0 heterocycles. The molecule has 0 aromatic heterocycles. The lowest BCUT2D eigenvalue weighted by Crippen LogP contribution is -2.46. The van der Waals surface area contributed by atoms with Gasteiger partial charge in [-0.05, 0) is 43.0 Å². The Balaban J connectivity index is 1.89. The average Bonchev–Trinajstić information content (AvgIpc) is 2.47. The van der Waals surface area contributed by atoms with E-state index in [0.717, 1.165) is 36.1 Å². The number of hydrogen-bond donors (Lipinski definition) is 1. The first kappa shape index (κ1) is 14.6. The third-order valence-electron chi connectivity index (χ3n) is 4.57. The smallest absolute Gasteiger partial charge is 0.235 e. The van der Waals surface area contributed by atoms with Gasteiger partial charge in [-0.25, -0.2) is 0 Å². The molecule has 1 aliphatic carbocycles. The molecule has 0 atom stereocenters. The molecule has 2 aromatic rings. The Bertz CT molecular complexity index is 675. The topological polar surface area (TPSA) is 38.3 Å². The van der Waals surface area contributed by atoms with Gasteiger partial charge in [0.25, 0.3) is 0 Å². The molecule has 3 heteroatoms. The number of rotatable bonds is 4. The van der Waals surface area contributed by atoms with Gasteiger partial charge in [0.1, 0.15) is 5.75 Å². The van der Waals surface area contributed by atoms with E-state index < -0.39 is 5.41 Å². The lowest BCUT2D eigenvalue weighted by atomic mass is 9.64. The summed E-state index contributed by atoms with van der Waals surface area (Å²) >= 11 is 0. The maximum Gasteiger partial charge on any atom is 0.235 e. The van der Waals surface area contributed by atoms with E-state index in [1.807, 2.05) is 55.5 Å². The zero-order valence-corrected chi connectivity index (χ0v) is 13.1. The van der Waals surface area contributed by atoms with Crippen LogP contribution in [-0.2, 0) is 10.2 Å². The van der Waals surface area contributed by atoms with Gasteiger partial charge in [0.05, 0.1) is 18.2 Å². The van der Waals surface area contributed by atoms with Gasteiger partial charge in [-0.2, -0.15) is 0 Å². The Hall–Kier alpha value is -2.29. The van der Waals surface area contributed by atoms with Crippen molar-refractivity contribution in [1.29, 1.82) is 0 Å². The van der Waals surface area contributed by atoms with Gasteiger partial charge in [-0.1, -0.05) is 42.8 Å². The lowest BCUT2D eigenvalue weighted by molar-refractivity contribution is -0.124. The van der Waals surface area contributed by atoms with Crippen LogP contribution in [0.2, 0.25) is 0 Å². The molecule has 0 radical (unpaired) electrons. The number of aryl methyl sites for hydroxylation is 1. The molecule has 3 rings (SSSR count). The summed E-state index contributed by atoms with van der Waals surface area (Å²) in [5, 5.41) is 3.08. The molecule has 0 saturated heterocycles. The van der Waals surface area contributed by atoms with Crippen LogP contribution in [0.3, 0.4) is 0 Å². The molecular formula is C19H21NO2. The number of amides is 1. The normalized spacial score (nSPS) is 15.7. The van der Waals surface area contributed by atoms with Gasteiger partial charge in [0.2, 0.25) is 5.91 Å². The summed E-state index contributed by atoms with van der Waals surface area (Å²) in [5.74, 6) is 0.760. The van der Waals surface area contributed by atoms with Gasteiger partial charge >= 0.3 is 0 Å². The number of ether oxygens (including phenoxy) is 1. The highest BCUT2D eigenvalue weighted by atomic mass is 16.5. The molecule has 114 valence electrons. The molecule has 0 aliphatic heterocycles. The zero-order valence-electron chi connectivity index (χ0n) is 13.1. The highest BCUT2D eigenvalue weighted by Gasteiger charge is 2.45. The Kier molecular flexibility index (Phi) is 3.88. The largest absolute Gasteiger partial charge is 0.495 e. The predicted molar refractivity (Wildman–Crippen MR) is 88.3 cm³/mol. The molecular weight excluding hydrogens is 274 g/mol. The minimum Gasteiger partial charge on any atom is -0.495 e. The second-order valence-corrected chi connectivity index (χ2v) is 5.96. The van der Waals surface area contributed by atoms with Crippen LogP contribution in [0.1, 0.15) is 30.4 Å². The molecule has 1 aliphatic rings. The number of methoxy groups -OCH3 is 1. The number of anilines is 1. The quantitative estimate of drug-likeness (QED) is 0.923. The minimum absolute atomic E-state index is 0.0638. The van der Waals surface area contributed by atoms with Crippen LogP contribution in [0.5, 0.6) is 5.75 Å². The fourth-order valence-electron chi connectivity index (χ4n) is 3.10. The summed E-state index contributed by atoms with van der Waals surface area (Å²) in [6.45, 7) is 2.01. The van der Waals surface area contributed by atoms with Crippen molar-refractivity contribution < 1.29 is 9.53 Å². The maximum atomic E-state index is 12.9. The molecule has 0 unspecified atom stereocenters. The van der Waals surface area contributed by atoms with E-state index in [9.17, 15) is 4.79 Å². The predicted octanol–water partition coefficient (Wildman–Crippen LogP) is 4.06. The lowest BCUT2D eigenvalue weighted by Gasteiger charge is -2.40. The van der Waals surface area contributed by atoms with Crippen LogP contribution in [-0.4, -0.2) is 13.0 Å². The van der Waals surface area contributed by atoms with Gasteiger partial charge in [0.15, 0.2) is 0 Å². The van der Waals surface area contributed by atoms with Crippen LogP contribution >= 0.6 is 0 Å². The van der Waals surface area contributed by atoms with Crippen LogP contribution in [0, 0.1) is 6.92 Å². The van der Waals surface area contributed by atoms with Crippen molar-refractivity contribution in [1.82, 2.24) is 0 Å². The van der Waals surface area contributed by atoms with E-state index >= 15 is 0 Å². The summed E-state index contributed by atoms with van der Waals surface area (Å²) in [4.78, 5) is 12.9. The van der Waals surface area contributed by atoms with E-state index in [1.54, 1.807) is 7.11 Å². The van der Waals surface area contributed by atoms with E-state index in [0.29, 0.717) is 5.75 Å². The Morgan fingerprint density at radius 2 is 1.86 bits per heavy atom. The first-order chi connectivity index (χ1) is 10.7.